The van der Waals surface area contributed by atoms with Gasteiger partial charge in [0.1, 0.15) is 24.0 Å². The van der Waals surface area contributed by atoms with E-state index in [4.69, 9.17) is 4.74 Å². The van der Waals surface area contributed by atoms with Gasteiger partial charge in [-0.2, -0.15) is 0 Å². The van der Waals surface area contributed by atoms with Gasteiger partial charge in [0.2, 0.25) is 0 Å². The molecule has 2 fully saturated rings. The minimum Gasteiger partial charge on any atom is -0.491 e. The van der Waals surface area contributed by atoms with Crippen molar-refractivity contribution in [1.29, 1.82) is 0 Å². The summed E-state index contributed by atoms with van der Waals surface area (Å²) in [5.74, 6) is 0.486. The number of hydrogen-bond donors (Lipinski definition) is 2. The number of aliphatic hydroxyl groups excluding tert-OH is 1. The van der Waals surface area contributed by atoms with Crippen molar-refractivity contribution in [2.75, 3.05) is 13.2 Å². The Bertz CT molecular complexity index is 652. The molecule has 1 atom stereocenters. The second kappa shape index (κ2) is 6.43. The maximum absolute atomic E-state index is 12.5. The zero-order chi connectivity index (χ0) is 17.3. The Morgan fingerprint density at radius 1 is 1.29 bits per heavy atom. The number of carbonyl (C=O) groups excluding carboxylic acids is 2. The number of aryl methyl sites for hydroxylation is 2. The van der Waals surface area contributed by atoms with Gasteiger partial charge in [-0.05, 0) is 38.3 Å². The first-order valence-electron chi connectivity index (χ1n) is 8.43. The number of nitrogens with one attached hydrogen (secondary N) is 1. The van der Waals surface area contributed by atoms with Crippen molar-refractivity contribution in [3.8, 4) is 5.75 Å². The van der Waals surface area contributed by atoms with Crippen molar-refractivity contribution >= 4 is 11.9 Å². The molecule has 1 aliphatic heterocycles. The zero-order valence-corrected chi connectivity index (χ0v) is 14.2. The van der Waals surface area contributed by atoms with E-state index in [-0.39, 0.29) is 19.1 Å². The molecule has 0 radical (unpaired) electrons. The predicted octanol–water partition coefficient (Wildman–Crippen LogP) is 1.91. The lowest BCUT2D eigenvalue weighted by Gasteiger charge is -2.21. The maximum atomic E-state index is 12.5. The lowest BCUT2D eigenvalue weighted by atomic mass is 9.98. The van der Waals surface area contributed by atoms with Gasteiger partial charge in [-0.15, -0.1) is 0 Å². The van der Waals surface area contributed by atoms with Crippen molar-refractivity contribution in [1.82, 2.24) is 10.2 Å². The normalized spacial score (nSPS) is 20.5. The van der Waals surface area contributed by atoms with Crippen LogP contribution >= 0.6 is 0 Å². The summed E-state index contributed by atoms with van der Waals surface area (Å²) in [5, 5.41) is 13.0. The Morgan fingerprint density at radius 3 is 2.67 bits per heavy atom. The lowest BCUT2D eigenvalue weighted by molar-refractivity contribution is -0.132. The molecule has 1 aliphatic carbocycles. The van der Waals surface area contributed by atoms with Gasteiger partial charge in [0.15, 0.2) is 0 Å². The largest absolute Gasteiger partial charge is 0.491 e. The van der Waals surface area contributed by atoms with Gasteiger partial charge < -0.3 is 15.2 Å². The third-order valence-corrected chi connectivity index (χ3v) is 4.86. The number of rotatable bonds is 5. The summed E-state index contributed by atoms with van der Waals surface area (Å²) in [4.78, 5) is 25.7. The highest BCUT2D eigenvalue weighted by atomic mass is 16.5. The minimum absolute atomic E-state index is 0.0357. The van der Waals surface area contributed by atoms with Gasteiger partial charge in [-0.25, -0.2) is 4.79 Å². The van der Waals surface area contributed by atoms with Gasteiger partial charge in [-0.1, -0.05) is 30.5 Å². The molecule has 24 heavy (non-hydrogen) atoms. The highest BCUT2D eigenvalue weighted by Gasteiger charge is 2.52. The Morgan fingerprint density at radius 2 is 2.00 bits per heavy atom. The molecule has 1 aromatic rings. The average molecular weight is 332 g/mol. The average Bonchev–Trinajstić information content (AvgIpc) is 3.08. The third-order valence-electron chi connectivity index (χ3n) is 4.86. The summed E-state index contributed by atoms with van der Waals surface area (Å²) in [7, 11) is 0. The van der Waals surface area contributed by atoms with E-state index in [2.05, 4.69) is 5.32 Å². The van der Waals surface area contributed by atoms with E-state index in [1.54, 1.807) is 0 Å². The van der Waals surface area contributed by atoms with Crippen LogP contribution in [-0.4, -0.2) is 46.7 Å². The van der Waals surface area contributed by atoms with Crippen molar-refractivity contribution in [2.24, 2.45) is 0 Å². The highest BCUT2D eigenvalue weighted by Crippen LogP contribution is 2.35. The van der Waals surface area contributed by atoms with Crippen molar-refractivity contribution in [3.63, 3.8) is 0 Å². The van der Waals surface area contributed by atoms with E-state index in [1.807, 2.05) is 32.0 Å². The number of nitrogens with zero attached hydrogens (tertiary/aromatic N) is 1. The molecule has 2 aliphatic rings. The molecule has 2 N–H and O–H groups in total. The van der Waals surface area contributed by atoms with Gasteiger partial charge in [-0.3, -0.25) is 9.69 Å². The molecule has 3 rings (SSSR count). The maximum Gasteiger partial charge on any atom is 0.325 e. The summed E-state index contributed by atoms with van der Waals surface area (Å²) >= 11 is 0. The van der Waals surface area contributed by atoms with E-state index in [0.29, 0.717) is 18.6 Å². The molecule has 6 heteroatoms. The Kier molecular flexibility index (Phi) is 4.49. The standard InChI is InChI=1S/C18H24N2O4/c1-12-5-6-15(13(2)9-12)24-11-14(21)10-20-16(22)18(19-17(20)23)7-3-4-8-18/h5-6,9,14,21H,3-4,7-8,10-11H2,1-2H3,(H,19,23). The molecule has 1 saturated carbocycles. The highest BCUT2D eigenvalue weighted by molar-refractivity contribution is 6.07. The topological polar surface area (TPSA) is 78.9 Å². The molecule has 0 bridgehead atoms. The van der Waals surface area contributed by atoms with Gasteiger partial charge in [0.05, 0.1) is 6.54 Å². The molecule has 130 valence electrons. The van der Waals surface area contributed by atoms with E-state index < -0.39 is 17.7 Å². The third kappa shape index (κ3) is 3.11. The van der Waals surface area contributed by atoms with Crippen molar-refractivity contribution in [2.45, 2.75) is 51.2 Å². The molecule has 6 nitrogen and oxygen atoms in total. The van der Waals surface area contributed by atoms with Crippen LogP contribution in [0.3, 0.4) is 0 Å². The summed E-state index contributed by atoms with van der Waals surface area (Å²) < 4.78 is 5.63. The molecular weight excluding hydrogens is 308 g/mol. The van der Waals surface area contributed by atoms with Crippen LogP contribution in [0.2, 0.25) is 0 Å². The SMILES string of the molecule is Cc1ccc(OCC(O)CN2C(=O)NC3(CCCC3)C2=O)c(C)c1. The smallest absolute Gasteiger partial charge is 0.325 e. The number of imide groups is 1. The molecule has 0 aromatic heterocycles. The molecule has 3 amide bonds. The monoisotopic (exact) mass is 332 g/mol. The van der Waals surface area contributed by atoms with Crippen molar-refractivity contribution in [3.05, 3.63) is 29.3 Å². The number of benzene rings is 1. The number of β-amino-alcohol motifs (C(OH)–C–C–N with tert-alkyl or cyclic N) is 1. The minimum atomic E-state index is -0.919. The molecule has 1 aromatic carbocycles. The molecule has 1 saturated heterocycles. The summed E-state index contributed by atoms with van der Waals surface area (Å²) in [6.07, 6.45) is 2.33. The van der Waals surface area contributed by atoms with Crippen LogP contribution < -0.4 is 10.1 Å². The number of urea groups is 1. The predicted molar refractivity (Wildman–Crippen MR) is 88.9 cm³/mol. The van der Waals surface area contributed by atoms with E-state index in [0.717, 1.165) is 28.9 Å². The van der Waals surface area contributed by atoms with Gasteiger partial charge >= 0.3 is 6.03 Å². The van der Waals surface area contributed by atoms with Crippen molar-refractivity contribution < 1.29 is 19.4 Å². The van der Waals surface area contributed by atoms with Crippen LogP contribution in [0, 0.1) is 13.8 Å². The van der Waals surface area contributed by atoms with Gasteiger partial charge in [0.25, 0.3) is 5.91 Å². The molecular formula is C18H24N2O4. The number of ether oxygens (including phenoxy) is 1. The van der Waals surface area contributed by atoms with E-state index >= 15 is 0 Å². The van der Waals surface area contributed by atoms with Crippen LogP contribution in [0.4, 0.5) is 4.79 Å². The van der Waals surface area contributed by atoms with E-state index in [9.17, 15) is 14.7 Å². The number of carbonyl (C=O) groups is 2. The number of amides is 3. The molecule has 1 heterocycles. The van der Waals surface area contributed by atoms with E-state index in [1.165, 1.54) is 0 Å². The first-order chi connectivity index (χ1) is 11.4. The number of hydrogen-bond acceptors (Lipinski definition) is 4. The zero-order valence-electron chi connectivity index (χ0n) is 14.2. The fourth-order valence-corrected chi connectivity index (χ4v) is 3.57. The number of aliphatic hydroxyl groups is 1. The first kappa shape index (κ1) is 16.8. The Labute approximate surface area is 141 Å². The fourth-order valence-electron chi connectivity index (χ4n) is 3.57. The first-order valence-corrected chi connectivity index (χ1v) is 8.43. The molecule has 1 spiro atoms. The quantitative estimate of drug-likeness (QED) is 0.807. The van der Waals surface area contributed by atoms with Crippen LogP contribution in [0.15, 0.2) is 18.2 Å². The van der Waals surface area contributed by atoms with Crippen LogP contribution in [-0.2, 0) is 4.79 Å². The van der Waals surface area contributed by atoms with Crippen LogP contribution in [0.25, 0.3) is 0 Å². The summed E-state index contributed by atoms with van der Waals surface area (Å²) in [6.45, 7) is 3.93. The van der Waals surface area contributed by atoms with Gasteiger partial charge in [0, 0.05) is 0 Å². The summed E-state index contributed by atoms with van der Waals surface area (Å²) in [5.41, 5.74) is 1.40. The van der Waals surface area contributed by atoms with Crippen LogP contribution in [0.5, 0.6) is 5.75 Å². The Hall–Kier alpha value is -2.08. The Balaban J connectivity index is 1.57. The second-order valence-electron chi connectivity index (χ2n) is 6.87. The lowest BCUT2D eigenvalue weighted by Crippen LogP contribution is -2.45. The van der Waals surface area contributed by atoms with Crippen LogP contribution in [0.1, 0.15) is 36.8 Å². The molecule has 1 unspecified atom stereocenters. The summed E-state index contributed by atoms with van der Waals surface area (Å²) in [6, 6.07) is 5.39. The second-order valence-corrected chi connectivity index (χ2v) is 6.87. The fraction of sp³-hybridized carbons (Fsp3) is 0.556.